The fraction of sp³-hybridized carbons (Fsp3) is 0.333. The van der Waals surface area contributed by atoms with E-state index in [0.29, 0.717) is 6.61 Å². The van der Waals surface area contributed by atoms with Crippen LogP contribution in [-0.2, 0) is 13.0 Å². The standard InChI is InChI=1S/C12H16N4OS/c1-2-3-9-4-6-10(7-5-9)17-8-11-12(14-13)18-16-15-11/h4-7,14H,2-3,8,13H2,1H3. The van der Waals surface area contributed by atoms with Crippen LogP contribution >= 0.6 is 11.5 Å². The quantitative estimate of drug-likeness (QED) is 0.619. The van der Waals surface area contributed by atoms with E-state index in [-0.39, 0.29) is 0 Å². The van der Waals surface area contributed by atoms with Gasteiger partial charge < -0.3 is 10.2 Å². The van der Waals surface area contributed by atoms with Crippen LogP contribution in [0.3, 0.4) is 0 Å². The lowest BCUT2D eigenvalue weighted by atomic mass is 10.1. The van der Waals surface area contributed by atoms with Crippen molar-refractivity contribution in [3.8, 4) is 5.75 Å². The second-order valence-corrected chi connectivity index (χ2v) is 4.63. The first kappa shape index (κ1) is 12.8. The Morgan fingerprint density at radius 1 is 1.33 bits per heavy atom. The molecule has 1 heterocycles. The normalized spacial score (nSPS) is 10.3. The zero-order valence-electron chi connectivity index (χ0n) is 10.2. The maximum absolute atomic E-state index is 5.63. The number of ether oxygens (including phenoxy) is 1. The number of aromatic nitrogens is 2. The average Bonchev–Trinajstić information content (AvgIpc) is 2.86. The van der Waals surface area contributed by atoms with Crippen molar-refractivity contribution >= 4 is 16.5 Å². The Morgan fingerprint density at radius 3 is 2.78 bits per heavy atom. The van der Waals surface area contributed by atoms with Gasteiger partial charge in [0.25, 0.3) is 0 Å². The summed E-state index contributed by atoms with van der Waals surface area (Å²) in [5.74, 6) is 6.17. The maximum Gasteiger partial charge on any atom is 0.150 e. The van der Waals surface area contributed by atoms with E-state index in [1.807, 2.05) is 12.1 Å². The molecule has 2 rings (SSSR count). The number of nitrogen functional groups attached to an aromatic ring is 1. The monoisotopic (exact) mass is 264 g/mol. The Kier molecular flexibility index (Phi) is 4.49. The Bertz CT molecular complexity index is 483. The van der Waals surface area contributed by atoms with Crippen molar-refractivity contribution in [2.75, 3.05) is 5.43 Å². The van der Waals surface area contributed by atoms with Gasteiger partial charge in [0, 0.05) is 11.5 Å². The van der Waals surface area contributed by atoms with Gasteiger partial charge in [-0.1, -0.05) is 30.0 Å². The minimum Gasteiger partial charge on any atom is -0.487 e. The lowest BCUT2D eigenvalue weighted by Gasteiger charge is -2.06. The number of anilines is 1. The maximum atomic E-state index is 5.63. The number of nitrogens with zero attached hydrogens (tertiary/aromatic N) is 2. The number of aryl methyl sites for hydroxylation is 1. The van der Waals surface area contributed by atoms with Crippen LogP contribution in [0.5, 0.6) is 5.75 Å². The molecule has 0 amide bonds. The van der Waals surface area contributed by atoms with Crippen LogP contribution in [-0.4, -0.2) is 9.59 Å². The summed E-state index contributed by atoms with van der Waals surface area (Å²) in [6.07, 6.45) is 2.24. The van der Waals surface area contributed by atoms with Gasteiger partial charge in [-0.05, 0) is 24.1 Å². The van der Waals surface area contributed by atoms with Gasteiger partial charge in [-0.15, -0.1) is 5.10 Å². The predicted octanol–water partition coefficient (Wildman–Crippen LogP) is 2.36. The second kappa shape index (κ2) is 6.32. The highest BCUT2D eigenvalue weighted by atomic mass is 32.1. The van der Waals surface area contributed by atoms with Crippen LogP contribution in [0.4, 0.5) is 5.00 Å². The largest absolute Gasteiger partial charge is 0.487 e. The number of benzene rings is 1. The van der Waals surface area contributed by atoms with Gasteiger partial charge in [-0.3, -0.25) is 0 Å². The number of hydrogen-bond acceptors (Lipinski definition) is 6. The molecule has 0 saturated carbocycles. The molecule has 1 aromatic carbocycles. The van der Waals surface area contributed by atoms with Crippen molar-refractivity contribution < 1.29 is 4.74 Å². The highest BCUT2D eigenvalue weighted by Gasteiger charge is 2.07. The number of hydrazine groups is 1. The molecule has 0 saturated heterocycles. The highest BCUT2D eigenvalue weighted by Crippen LogP contribution is 2.19. The Morgan fingerprint density at radius 2 is 2.11 bits per heavy atom. The molecule has 0 aliphatic rings. The number of nitrogens with one attached hydrogen (secondary N) is 1. The first-order valence-corrected chi connectivity index (χ1v) is 6.60. The van der Waals surface area contributed by atoms with Crippen molar-refractivity contribution in [2.24, 2.45) is 5.84 Å². The molecule has 0 aliphatic carbocycles. The zero-order chi connectivity index (χ0) is 12.8. The van der Waals surface area contributed by atoms with Gasteiger partial charge in [-0.2, -0.15) is 0 Å². The summed E-state index contributed by atoms with van der Waals surface area (Å²) in [4.78, 5) is 0. The molecule has 0 bridgehead atoms. The number of rotatable bonds is 6. The van der Waals surface area contributed by atoms with E-state index in [1.54, 1.807) is 0 Å². The highest BCUT2D eigenvalue weighted by molar-refractivity contribution is 7.10. The predicted molar refractivity (Wildman–Crippen MR) is 72.5 cm³/mol. The van der Waals surface area contributed by atoms with Gasteiger partial charge >= 0.3 is 0 Å². The summed E-state index contributed by atoms with van der Waals surface area (Å²) < 4.78 is 9.45. The third-order valence-electron chi connectivity index (χ3n) is 2.52. The molecular weight excluding hydrogens is 248 g/mol. The number of hydrogen-bond donors (Lipinski definition) is 2. The van der Waals surface area contributed by atoms with Crippen molar-refractivity contribution in [1.29, 1.82) is 0 Å². The topological polar surface area (TPSA) is 73.1 Å². The average molecular weight is 264 g/mol. The summed E-state index contributed by atoms with van der Waals surface area (Å²) in [6, 6.07) is 8.11. The van der Waals surface area contributed by atoms with Crippen molar-refractivity contribution in [2.45, 2.75) is 26.4 Å². The minimum absolute atomic E-state index is 0.364. The lowest BCUT2D eigenvalue weighted by Crippen LogP contribution is -2.08. The molecule has 6 heteroatoms. The molecule has 0 atom stereocenters. The Hall–Kier alpha value is -1.66. The van der Waals surface area contributed by atoms with Crippen LogP contribution in [0.15, 0.2) is 24.3 Å². The van der Waals surface area contributed by atoms with Gasteiger partial charge in [-0.25, -0.2) is 5.84 Å². The van der Waals surface area contributed by atoms with Crippen molar-refractivity contribution in [3.63, 3.8) is 0 Å². The van der Waals surface area contributed by atoms with Gasteiger partial charge in [0.2, 0.25) is 0 Å². The Labute approximate surface area is 110 Å². The Balaban J connectivity index is 1.94. The van der Waals surface area contributed by atoms with Gasteiger partial charge in [0.1, 0.15) is 18.1 Å². The summed E-state index contributed by atoms with van der Waals surface area (Å²) in [5, 5.41) is 4.68. The molecule has 2 aromatic rings. The SMILES string of the molecule is CCCc1ccc(OCc2nnsc2NN)cc1. The summed E-state index contributed by atoms with van der Waals surface area (Å²) >= 11 is 1.22. The molecule has 18 heavy (non-hydrogen) atoms. The summed E-state index contributed by atoms with van der Waals surface area (Å²) in [5.41, 5.74) is 4.60. The third-order valence-corrected chi connectivity index (χ3v) is 3.22. The smallest absolute Gasteiger partial charge is 0.150 e. The van der Waals surface area contributed by atoms with Gasteiger partial charge in [0.05, 0.1) is 0 Å². The number of nitrogens with two attached hydrogens (primary N) is 1. The third kappa shape index (κ3) is 3.18. The van der Waals surface area contributed by atoms with E-state index < -0.39 is 0 Å². The molecule has 0 spiro atoms. The first-order valence-electron chi connectivity index (χ1n) is 5.83. The van der Waals surface area contributed by atoms with Crippen LogP contribution in [0.25, 0.3) is 0 Å². The van der Waals surface area contributed by atoms with E-state index in [0.717, 1.165) is 29.3 Å². The molecule has 96 valence electrons. The fourth-order valence-electron chi connectivity index (χ4n) is 1.61. The molecule has 0 radical (unpaired) electrons. The van der Waals surface area contributed by atoms with Crippen LogP contribution < -0.4 is 16.0 Å². The molecular formula is C12H16N4OS. The van der Waals surface area contributed by atoms with E-state index in [4.69, 9.17) is 10.6 Å². The zero-order valence-corrected chi connectivity index (χ0v) is 11.0. The summed E-state index contributed by atoms with van der Waals surface area (Å²) in [6.45, 7) is 2.53. The van der Waals surface area contributed by atoms with Crippen molar-refractivity contribution in [3.05, 3.63) is 35.5 Å². The van der Waals surface area contributed by atoms with Crippen LogP contribution in [0.1, 0.15) is 24.6 Å². The van der Waals surface area contributed by atoms with Crippen LogP contribution in [0.2, 0.25) is 0 Å². The second-order valence-electron chi connectivity index (χ2n) is 3.88. The van der Waals surface area contributed by atoms with E-state index in [1.165, 1.54) is 17.1 Å². The van der Waals surface area contributed by atoms with E-state index >= 15 is 0 Å². The van der Waals surface area contributed by atoms with Crippen LogP contribution in [0, 0.1) is 0 Å². The van der Waals surface area contributed by atoms with E-state index in [9.17, 15) is 0 Å². The molecule has 1 aromatic heterocycles. The summed E-state index contributed by atoms with van der Waals surface area (Å²) in [7, 11) is 0. The fourth-order valence-corrected chi connectivity index (χ4v) is 2.08. The molecule has 0 aliphatic heterocycles. The first-order chi connectivity index (χ1) is 8.83. The van der Waals surface area contributed by atoms with Gasteiger partial charge in [0.15, 0.2) is 5.00 Å². The lowest BCUT2D eigenvalue weighted by molar-refractivity contribution is 0.301. The van der Waals surface area contributed by atoms with E-state index in [2.05, 4.69) is 34.1 Å². The molecule has 5 nitrogen and oxygen atoms in total. The minimum atomic E-state index is 0.364. The molecule has 0 unspecified atom stereocenters. The molecule has 3 N–H and O–H groups in total. The van der Waals surface area contributed by atoms with Crippen molar-refractivity contribution in [1.82, 2.24) is 9.59 Å². The molecule has 0 fully saturated rings.